The van der Waals surface area contributed by atoms with Crippen LogP contribution in [0.15, 0.2) is 17.1 Å². The zero-order valence-corrected chi connectivity index (χ0v) is 19.0. The number of allylic oxidation sites excluding steroid dienone is 2. The van der Waals surface area contributed by atoms with Gasteiger partial charge >= 0.3 is 0 Å². The summed E-state index contributed by atoms with van der Waals surface area (Å²) in [5.41, 5.74) is 5.14. The van der Waals surface area contributed by atoms with Crippen LogP contribution in [0.1, 0.15) is 116 Å². The first-order valence-electron chi connectivity index (χ1n) is 12.5. The number of carbonyl (C=O) groups excluding carboxylic acids is 1. The van der Waals surface area contributed by atoms with Crippen LogP contribution in [0.3, 0.4) is 0 Å². The summed E-state index contributed by atoms with van der Waals surface area (Å²) in [5, 5.41) is 0. The Kier molecular flexibility index (Phi) is 17.7. The fourth-order valence-corrected chi connectivity index (χ4v) is 3.91. The molecule has 0 atom stereocenters. The molecular weight excluding hydrogens is 358 g/mol. The molecule has 0 spiro atoms. The molecule has 1 amide bonds. The van der Waals surface area contributed by atoms with Crippen molar-refractivity contribution in [2.75, 3.05) is 19.6 Å². The van der Waals surface area contributed by atoms with Crippen molar-refractivity contribution in [3.8, 4) is 0 Å². The topological polar surface area (TPSA) is 58.7 Å². The minimum absolute atomic E-state index is 0.158. The maximum Gasteiger partial charge on any atom is 0.217 e. The second kappa shape index (κ2) is 20.0. The molecule has 0 aromatic heterocycles. The molecule has 0 bridgehead atoms. The van der Waals surface area contributed by atoms with Crippen molar-refractivity contribution in [2.24, 2.45) is 10.7 Å². The lowest BCUT2D eigenvalue weighted by atomic mass is 10.1. The average Bonchev–Trinajstić information content (AvgIpc) is 3.22. The van der Waals surface area contributed by atoms with E-state index < -0.39 is 0 Å². The molecule has 4 nitrogen and oxygen atoms in total. The third kappa shape index (κ3) is 18.4. The van der Waals surface area contributed by atoms with Crippen molar-refractivity contribution in [1.82, 2.24) is 4.90 Å². The number of nitrogens with zero attached hydrogens (tertiary/aromatic N) is 2. The SMILES string of the molecule is NC(=O)CCCCCCCCCCC/C=C\CCCCCCCCN1C=NCC1. The number of carbonyl (C=O) groups is 1. The van der Waals surface area contributed by atoms with E-state index in [1.807, 2.05) is 6.34 Å². The van der Waals surface area contributed by atoms with Crippen LogP contribution >= 0.6 is 0 Å². The number of rotatable bonds is 21. The second-order valence-corrected chi connectivity index (χ2v) is 8.63. The largest absolute Gasteiger partial charge is 0.370 e. The Morgan fingerprint density at radius 2 is 1.24 bits per heavy atom. The van der Waals surface area contributed by atoms with Gasteiger partial charge in [0.05, 0.1) is 12.9 Å². The quantitative estimate of drug-likeness (QED) is 0.177. The van der Waals surface area contributed by atoms with Crippen LogP contribution in [0.2, 0.25) is 0 Å². The van der Waals surface area contributed by atoms with Crippen molar-refractivity contribution in [3.63, 3.8) is 0 Å². The standard InChI is InChI=1S/C25H47N3O/c26-25(29)20-18-16-14-12-10-8-6-4-2-1-3-5-7-9-11-13-15-17-19-22-28-23-21-27-24-28/h3,5,24H,1-2,4,6-23H2,(H2,26,29)/b5-3-. The average molecular weight is 406 g/mol. The summed E-state index contributed by atoms with van der Waals surface area (Å²) in [6.07, 6.45) is 29.6. The summed E-state index contributed by atoms with van der Waals surface area (Å²) in [6, 6.07) is 0. The third-order valence-electron chi connectivity index (χ3n) is 5.79. The molecule has 0 saturated heterocycles. The number of unbranched alkanes of at least 4 members (excludes halogenated alkanes) is 15. The summed E-state index contributed by atoms with van der Waals surface area (Å²) in [4.78, 5) is 17.2. The van der Waals surface area contributed by atoms with Crippen LogP contribution in [-0.2, 0) is 4.79 Å². The monoisotopic (exact) mass is 405 g/mol. The summed E-state index contributed by atoms with van der Waals surface area (Å²) in [7, 11) is 0. The van der Waals surface area contributed by atoms with E-state index in [2.05, 4.69) is 22.0 Å². The molecule has 168 valence electrons. The highest BCUT2D eigenvalue weighted by Crippen LogP contribution is 2.12. The van der Waals surface area contributed by atoms with Gasteiger partial charge in [-0.15, -0.1) is 0 Å². The summed E-state index contributed by atoms with van der Waals surface area (Å²) in [5.74, 6) is -0.158. The van der Waals surface area contributed by atoms with E-state index in [1.54, 1.807) is 0 Å². The minimum Gasteiger partial charge on any atom is -0.370 e. The molecule has 0 unspecified atom stereocenters. The van der Waals surface area contributed by atoms with Crippen LogP contribution < -0.4 is 5.73 Å². The first kappa shape index (κ1) is 25.7. The van der Waals surface area contributed by atoms with Crippen molar-refractivity contribution in [3.05, 3.63) is 12.2 Å². The van der Waals surface area contributed by atoms with E-state index in [0.717, 1.165) is 25.9 Å². The Morgan fingerprint density at radius 3 is 1.72 bits per heavy atom. The molecule has 1 aliphatic heterocycles. The lowest BCUT2D eigenvalue weighted by molar-refractivity contribution is -0.118. The second-order valence-electron chi connectivity index (χ2n) is 8.63. The van der Waals surface area contributed by atoms with E-state index in [4.69, 9.17) is 5.73 Å². The predicted octanol–water partition coefficient (Wildman–Crippen LogP) is 6.39. The van der Waals surface area contributed by atoms with Gasteiger partial charge in [0.15, 0.2) is 0 Å². The molecule has 0 aliphatic carbocycles. The lowest BCUT2D eigenvalue weighted by Gasteiger charge is -2.12. The van der Waals surface area contributed by atoms with E-state index >= 15 is 0 Å². The molecule has 4 heteroatoms. The molecule has 1 aliphatic rings. The number of nitrogens with two attached hydrogens (primary N) is 1. The van der Waals surface area contributed by atoms with Gasteiger partial charge in [-0.25, -0.2) is 0 Å². The normalized spacial score (nSPS) is 13.7. The molecule has 0 fully saturated rings. The Balaban J connectivity index is 1.68. The van der Waals surface area contributed by atoms with Crippen molar-refractivity contribution < 1.29 is 4.79 Å². The van der Waals surface area contributed by atoms with Gasteiger partial charge < -0.3 is 10.6 Å². The van der Waals surface area contributed by atoms with Gasteiger partial charge in [-0.05, 0) is 38.5 Å². The van der Waals surface area contributed by atoms with Gasteiger partial charge in [-0.1, -0.05) is 82.8 Å². The fraction of sp³-hybridized carbons (Fsp3) is 0.840. The van der Waals surface area contributed by atoms with Gasteiger partial charge in [0.1, 0.15) is 0 Å². The Hall–Kier alpha value is -1.32. The fourth-order valence-electron chi connectivity index (χ4n) is 3.91. The zero-order valence-electron chi connectivity index (χ0n) is 19.0. The highest BCUT2D eigenvalue weighted by molar-refractivity contribution is 5.73. The van der Waals surface area contributed by atoms with E-state index in [1.165, 1.54) is 103 Å². The molecule has 0 saturated carbocycles. The number of hydrogen-bond donors (Lipinski definition) is 1. The lowest BCUT2D eigenvalue weighted by Crippen LogP contribution is -2.20. The van der Waals surface area contributed by atoms with Gasteiger partial charge in [0.2, 0.25) is 5.91 Å². The molecule has 1 heterocycles. The summed E-state index contributed by atoms with van der Waals surface area (Å²) >= 11 is 0. The third-order valence-corrected chi connectivity index (χ3v) is 5.79. The molecule has 0 radical (unpaired) electrons. The van der Waals surface area contributed by atoms with Gasteiger partial charge in [-0.3, -0.25) is 9.79 Å². The smallest absolute Gasteiger partial charge is 0.217 e. The summed E-state index contributed by atoms with van der Waals surface area (Å²) < 4.78 is 0. The van der Waals surface area contributed by atoms with Crippen molar-refractivity contribution in [2.45, 2.75) is 116 Å². The maximum atomic E-state index is 10.6. The molecular formula is C25H47N3O. The minimum atomic E-state index is -0.158. The van der Waals surface area contributed by atoms with Gasteiger partial charge in [0.25, 0.3) is 0 Å². The van der Waals surface area contributed by atoms with Crippen LogP contribution in [0.5, 0.6) is 0 Å². The van der Waals surface area contributed by atoms with Crippen LogP contribution in [0, 0.1) is 0 Å². The van der Waals surface area contributed by atoms with E-state index in [0.29, 0.717) is 6.42 Å². The van der Waals surface area contributed by atoms with Crippen LogP contribution in [0.4, 0.5) is 0 Å². The van der Waals surface area contributed by atoms with E-state index in [-0.39, 0.29) is 5.91 Å². The van der Waals surface area contributed by atoms with Crippen LogP contribution in [-0.4, -0.2) is 36.8 Å². The zero-order chi connectivity index (χ0) is 20.8. The van der Waals surface area contributed by atoms with Crippen molar-refractivity contribution >= 4 is 12.2 Å². The molecule has 0 aromatic rings. The number of amides is 1. The maximum absolute atomic E-state index is 10.6. The Labute approximate surface area is 180 Å². The molecule has 2 N–H and O–H groups in total. The Morgan fingerprint density at radius 1 is 0.759 bits per heavy atom. The summed E-state index contributed by atoms with van der Waals surface area (Å²) in [6.45, 7) is 3.33. The van der Waals surface area contributed by atoms with Gasteiger partial charge in [0, 0.05) is 19.5 Å². The first-order chi connectivity index (χ1) is 14.3. The number of aliphatic imine (C=N–C) groups is 1. The van der Waals surface area contributed by atoms with Gasteiger partial charge in [-0.2, -0.15) is 0 Å². The van der Waals surface area contributed by atoms with Crippen LogP contribution in [0.25, 0.3) is 0 Å². The number of primary amides is 1. The molecule has 29 heavy (non-hydrogen) atoms. The predicted molar refractivity (Wildman–Crippen MR) is 126 cm³/mol. The first-order valence-corrected chi connectivity index (χ1v) is 12.5. The van der Waals surface area contributed by atoms with Crippen molar-refractivity contribution in [1.29, 1.82) is 0 Å². The molecule has 1 rings (SSSR count). The number of hydrogen-bond acceptors (Lipinski definition) is 3. The Bertz CT molecular complexity index is 434. The van der Waals surface area contributed by atoms with E-state index in [9.17, 15) is 4.79 Å². The molecule has 0 aromatic carbocycles. The highest BCUT2D eigenvalue weighted by atomic mass is 16.1. The highest BCUT2D eigenvalue weighted by Gasteiger charge is 2.03.